The summed E-state index contributed by atoms with van der Waals surface area (Å²) in [7, 11) is -4.07. The number of anilines is 2. The Hall–Kier alpha value is -1.31. The van der Waals surface area contributed by atoms with Crippen molar-refractivity contribution in [2.24, 2.45) is 0 Å². The number of hydrogen-bond acceptors (Lipinski definition) is 3. The maximum atomic E-state index is 13.7. The molecule has 8 heteroatoms. The van der Waals surface area contributed by atoms with Gasteiger partial charge in [0.15, 0.2) is 0 Å². The normalized spacial score (nSPS) is 11.3. The van der Waals surface area contributed by atoms with E-state index in [0.29, 0.717) is 4.47 Å². The van der Waals surface area contributed by atoms with Gasteiger partial charge < -0.3 is 5.73 Å². The lowest BCUT2D eigenvalue weighted by Gasteiger charge is -2.12. The third kappa shape index (κ3) is 3.05. The van der Waals surface area contributed by atoms with Gasteiger partial charge >= 0.3 is 0 Å². The van der Waals surface area contributed by atoms with Crippen LogP contribution in [-0.2, 0) is 10.0 Å². The minimum atomic E-state index is -4.07. The first-order valence-corrected chi connectivity index (χ1v) is 7.98. The summed E-state index contributed by atoms with van der Waals surface area (Å²) in [4.78, 5) is -0.274. The molecular formula is C12H9BrClFN2O2S. The van der Waals surface area contributed by atoms with Crippen molar-refractivity contribution in [1.82, 2.24) is 0 Å². The molecule has 0 aromatic heterocycles. The standard InChI is InChI=1S/C12H9BrClFN2O2S/c13-7-4-5-11(9(15)6-7)17-20(18,19)12-8(14)2-1-3-10(12)16/h1-6,17H,16H2. The van der Waals surface area contributed by atoms with Crippen molar-refractivity contribution in [3.8, 4) is 0 Å². The van der Waals surface area contributed by atoms with Gasteiger partial charge in [-0.05, 0) is 30.3 Å². The van der Waals surface area contributed by atoms with Crippen LogP contribution >= 0.6 is 27.5 Å². The Bertz CT molecular complexity index is 748. The van der Waals surface area contributed by atoms with Gasteiger partial charge in [-0.1, -0.05) is 33.6 Å². The lowest BCUT2D eigenvalue weighted by molar-refractivity contribution is 0.599. The van der Waals surface area contributed by atoms with Gasteiger partial charge in [0.2, 0.25) is 0 Å². The summed E-state index contributed by atoms with van der Waals surface area (Å²) in [6, 6.07) is 8.27. The molecule has 4 nitrogen and oxygen atoms in total. The molecule has 0 aliphatic carbocycles. The Labute approximate surface area is 128 Å². The maximum absolute atomic E-state index is 13.7. The van der Waals surface area contributed by atoms with Crippen LogP contribution in [0.2, 0.25) is 5.02 Å². The quantitative estimate of drug-likeness (QED) is 0.800. The Morgan fingerprint density at radius 1 is 1.25 bits per heavy atom. The average molecular weight is 380 g/mol. The van der Waals surface area contributed by atoms with Crippen molar-refractivity contribution in [3.05, 3.63) is 51.7 Å². The molecule has 2 aromatic rings. The summed E-state index contributed by atoms with van der Waals surface area (Å²) >= 11 is 8.93. The van der Waals surface area contributed by atoms with Crippen LogP contribution in [0.3, 0.4) is 0 Å². The van der Waals surface area contributed by atoms with E-state index in [0.717, 1.165) is 6.07 Å². The molecule has 0 radical (unpaired) electrons. The zero-order chi connectivity index (χ0) is 14.9. The van der Waals surface area contributed by atoms with E-state index in [1.54, 1.807) is 0 Å². The first-order valence-electron chi connectivity index (χ1n) is 5.33. The van der Waals surface area contributed by atoms with Crippen LogP contribution in [-0.4, -0.2) is 8.42 Å². The Morgan fingerprint density at radius 2 is 1.95 bits per heavy atom. The average Bonchev–Trinajstić information content (AvgIpc) is 2.32. The Kier molecular flexibility index (Phi) is 4.22. The fourth-order valence-electron chi connectivity index (χ4n) is 1.58. The van der Waals surface area contributed by atoms with E-state index in [1.165, 1.54) is 30.3 Å². The third-order valence-electron chi connectivity index (χ3n) is 2.44. The lowest BCUT2D eigenvalue weighted by Crippen LogP contribution is -2.16. The minimum Gasteiger partial charge on any atom is -0.398 e. The largest absolute Gasteiger partial charge is 0.398 e. The predicted octanol–water partition coefficient (Wildman–Crippen LogP) is 3.62. The third-order valence-corrected chi connectivity index (χ3v) is 4.84. The highest BCUT2D eigenvalue weighted by atomic mass is 79.9. The van der Waals surface area contributed by atoms with Crippen LogP contribution in [0.4, 0.5) is 15.8 Å². The summed E-state index contributed by atoms with van der Waals surface area (Å²) < 4.78 is 40.7. The molecule has 3 N–H and O–H groups in total. The molecule has 0 fully saturated rings. The molecule has 0 bridgehead atoms. The summed E-state index contributed by atoms with van der Waals surface area (Å²) in [5, 5.41) is -0.0324. The zero-order valence-corrected chi connectivity index (χ0v) is 13.1. The molecule has 0 saturated heterocycles. The molecule has 0 unspecified atom stereocenters. The van der Waals surface area contributed by atoms with E-state index in [9.17, 15) is 12.8 Å². The first kappa shape index (κ1) is 15.1. The molecule has 20 heavy (non-hydrogen) atoms. The van der Waals surface area contributed by atoms with Crippen molar-refractivity contribution in [3.63, 3.8) is 0 Å². The van der Waals surface area contributed by atoms with Crippen LogP contribution in [0.5, 0.6) is 0 Å². The molecular weight excluding hydrogens is 371 g/mol. The van der Waals surface area contributed by atoms with E-state index in [-0.39, 0.29) is 21.3 Å². The van der Waals surface area contributed by atoms with Gasteiger partial charge in [-0.25, -0.2) is 12.8 Å². The summed E-state index contributed by atoms with van der Waals surface area (Å²) in [6.07, 6.45) is 0. The number of nitrogen functional groups attached to an aromatic ring is 1. The SMILES string of the molecule is Nc1cccc(Cl)c1S(=O)(=O)Nc1ccc(Br)cc1F. The number of benzene rings is 2. The number of nitrogens with two attached hydrogens (primary N) is 1. The Balaban J connectivity index is 2.46. The second-order valence-corrected chi connectivity index (χ2v) is 6.83. The van der Waals surface area contributed by atoms with Gasteiger partial charge in [0, 0.05) is 4.47 Å². The molecule has 0 heterocycles. The highest BCUT2D eigenvalue weighted by molar-refractivity contribution is 9.10. The molecule has 0 spiro atoms. The van der Waals surface area contributed by atoms with Gasteiger partial charge in [0.1, 0.15) is 10.7 Å². The van der Waals surface area contributed by atoms with Crippen molar-refractivity contribution in [2.45, 2.75) is 4.90 Å². The molecule has 0 aliphatic heterocycles. The van der Waals surface area contributed by atoms with Crippen LogP contribution in [0, 0.1) is 5.82 Å². The van der Waals surface area contributed by atoms with E-state index in [4.69, 9.17) is 17.3 Å². The minimum absolute atomic E-state index is 0.0116. The molecule has 2 aromatic carbocycles. The maximum Gasteiger partial charge on any atom is 0.265 e. The number of nitrogens with one attached hydrogen (secondary N) is 1. The molecule has 2 rings (SSSR count). The topological polar surface area (TPSA) is 72.2 Å². The van der Waals surface area contributed by atoms with E-state index in [1.807, 2.05) is 0 Å². The number of rotatable bonds is 3. The molecule has 0 aliphatic rings. The van der Waals surface area contributed by atoms with Crippen molar-refractivity contribution < 1.29 is 12.8 Å². The van der Waals surface area contributed by atoms with Crippen molar-refractivity contribution >= 4 is 48.9 Å². The lowest BCUT2D eigenvalue weighted by atomic mass is 10.3. The fourth-order valence-corrected chi connectivity index (χ4v) is 3.66. The monoisotopic (exact) mass is 378 g/mol. The van der Waals surface area contributed by atoms with E-state index in [2.05, 4.69) is 20.7 Å². The molecule has 106 valence electrons. The van der Waals surface area contributed by atoms with E-state index < -0.39 is 15.8 Å². The van der Waals surface area contributed by atoms with Gasteiger partial charge in [-0.3, -0.25) is 4.72 Å². The van der Waals surface area contributed by atoms with Gasteiger partial charge in [-0.2, -0.15) is 0 Å². The highest BCUT2D eigenvalue weighted by Gasteiger charge is 2.22. The smallest absolute Gasteiger partial charge is 0.265 e. The second kappa shape index (κ2) is 5.59. The number of hydrogen-bond donors (Lipinski definition) is 2. The summed E-state index contributed by atoms with van der Waals surface area (Å²) in [6.45, 7) is 0. The predicted molar refractivity (Wildman–Crippen MR) is 80.8 cm³/mol. The van der Waals surface area contributed by atoms with Crippen molar-refractivity contribution in [1.29, 1.82) is 0 Å². The number of halogens is 3. The molecule has 0 atom stereocenters. The van der Waals surface area contributed by atoms with Crippen LogP contribution in [0.15, 0.2) is 45.8 Å². The fraction of sp³-hybridized carbons (Fsp3) is 0. The summed E-state index contributed by atoms with van der Waals surface area (Å²) in [5.74, 6) is -0.714. The first-order chi connectivity index (χ1) is 9.31. The van der Waals surface area contributed by atoms with Crippen LogP contribution in [0.25, 0.3) is 0 Å². The van der Waals surface area contributed by atoms with Crippen LogP contribution in [0.1, 0.15) is 0 Å². The Morgan fingerprint density at radius 3 is 2.55 bits per heavy atom. The van der Waals surface area contributed by atoms with Gasteiger partial charge in [0.25, 0.3) is 10.0 Å². The highest BCUT2D eigenvalue weighted by Crippen LogP contribution is 2.30. The van der Waals surface area contributed by atoms with Gasteiger partial charge in [0.05, 0.1) is 16.4 Å². The van der Waals surface area contributed by atoms with E-state index >= 15 is 0 Å². The molecule has 0 saturated carbocycles. The number of sulfonamides is 1. The summed E-state index contributed by atoms with van der Waals surface area (Å²) in [5.41, 5.74) is 5.42. The van der Waals surface area contributed by atoms with Crippen molar-refractivity contribution in [2.75, 3.05) is 10.5 Å². The van der Waals surface area contributed by atoms with Gasteiger partial charge in [-0.15, -0.1) is 0 Å². The second-order valence-electron chi connectivity index (χ2n) is 3.89. The zero-order valence-electron chi connectivity index (χ0n) is 9.90. The molecule has 0 amide bonds. The van der Waals surface area contributed by atoms with Crippen LogP contribution < -0.4 is 10.5 Å².